The molecule has 1 aromatic heterocycles. The van der Waals surface area contributed by atoms with Gasteiger partial charge in [-0.15, -0.1) is 0 Å². The maximum absolute atomic E-state index is 11.0. The first-order valence-corrected chi connectivity index (χ1v) is 3.10. The fourth-order valence-corrected chi connectivity index (χ4v) is 0.872. The molecule has 1 aliphatic rings. The van der Waals surface area contributed by atoms with E-state index in [-0.39, 0.29) is 5.91 Å². The van der Waals surface area contributed by atoms with E-state index in [1.54, 1.807) is 18.3 Å². The molecule has 0 aromatic carbocycles. The van der Waals surface area contributed by atoms with Crippen LogP contribution < -0.4 is 5.32 Å². The molecule has 0 saturated heterocycles. The third-order valence-corrected chi connectivity index (χ3v) is 1.37. The molecule has 1 amide bonds. The van der Waals surface area contributed by atoms with Gasteiger partial charge >= 0.3 is 0 Å². The number of rotatable bonds is 0. The van der Waals surface area contributed by atoms with Gasteiger partial charge in [0.2, 0.25) is 0 Å². The smallest absolute Gasteiger partial charge is 0.267 e. The Balaban J connectivity index is 2.59. The molecule has 0 unspecified atom stereocenters. The Kier molecular flexibility index (Phi) is 1.18. The van der Waals surface area contributed by atoms with E-state index in [0.717, 1.165) is 0 Å². The summed E-state index contributed by atoms with van der Waals surface area (Å²) in [6.45, 7) is 0. The quantitative estimate of drug-likeness (QED) is 0.535. The van der Waals surface area contributed by atoms with Gasteiger partial charge in [0.1, 0.15) is 6.34 Å². The van der Waals surface area contributed by atoms with Crippen LogP contribution in [0.5, 0.6) is 0 Å². The van der Waals surface area contributed by atoms with Gasteiger partial charge in [-0.25, -0.2) is 10.3 Å². The fourth-order valence-electron chi connectivity index (χ4n) is 0.872. The molecule has 1 aromatic rings. The van der Waals surface area contributed by atoms with Crippen molar-refractivity contribution in [1.82, 2.24) is 10.3 Å². The Labute approximate surface area is 63.0 Å². The summed E-state index contributed by atoms with van der Waals surface area (Å²) in [5, 5.41) is 3.82. The van der Waals surface area contributed by atoms with Crippen LogP contribution in [0.1, 0.15) is 10.4 Å². The standard InChI is InChI=1S/C7H4N3O/c11-7-5-2-1-3-8-6(5)9-4-10-7/h1-4H. The number of carbonyl (C=O) groups excluding carboxylic acids is 1. The Bertz CT molecular complexity index is 332. The Morgan fingerprint density at radius 1 is 1.36 bits per heavy atom. The van der Waals surface area contributed by atoms with Gasteiger partial charge in [0.15, 0.2) is 5.82 Å². The zero-order chi connectivity index (χ0) is 7.68. The molecular formula is C7H4N3O. The van der Waals surface area contributed by atoms with E-state index in [2.05, 4.69) is 15.3 Å². The average molecular weight is 146 g/mol. The highest BCUT2D eigenvalue weighted by molar-refractivity contribution is 6.05. The molecule has 0 bridgehead atoms. The monoisotopic (exact) mass is 146 g/mol. The number of hydrogen-bond acceptors (Lipinski definition) is 2. The van der Waals surface area contributed by atoms with Gasteiger partial charge in [0.25, 0.3) is 5.91 Å². The van der Waals surface area contributed by atoms with Crippen molar-refractivity contribution in [3.63, 3.8) is 0 Å². The summed E-state index contributed by atoms with van der Waals surface area (Å²) < 4.78 is 0. The van der Waals surface area contributed by atoms with Crippen molar-refractivity contribution in [3.8, 4) is 0 Å². The normalized spacial score (nSPS) is 14.0. The molecule has 0 fully saturated rings. The highest BCUT2D eigenvalue weighted by atomic mass is 16.1. The molecule has 11 heavy (non-hydrogen) atoms. The van der Waals surface area contributed by atoms with Crippen LogP contribution in [0.3, 0.4) is 0 Å². The highest BCUT2D eigenvalue weighted by Gasteiger charge is 2.14. The van der Waals surface area contributed by atoms with Crippen molar-refractivity contribution in [2.45, 2.75) is 0 Å². The number of aliphatic imine (C=N–C) groups is 1. The molecule has 1 aliphatic heterocycles. The molecule has 4 heteroatoms. The van der Waals surface area contributed by atoms with E-state index in [9.17, 15) is 4.79 Å². The number of nitrogens with zero attached hydrogens (tertiary/aromatic N) is 3. The minimum atomic E-state index is -0.275. The topological polar surface area (TPSA) is 56.4 Å². The number of carbonyl (C=O) groups is 1. The summed E-state index contributed by atoms with van der Waals surface area (Å²) in [5.74, 6) is 0.176. The molecule has 4 nitrogen and oxygen atoms in total. The Morgan fingerprint density at radius 3 is 3.09 bits per heavy atom. The first-order valence-electron chi connectivity index (χ1n) is 3.10. The largest absolute Gasteiger partial charge is 0.282 e. The zero-order valence-electron chi connectivity index (χ0n) is 5.56. The van der Waals surface area contributed by atoms with Crippen molar-refractivity contribution in [1.29, 1.82) is 0 Å². The molecule has 0 saturated carbocycles. The Morgan fingerprint density at radius 2 is 2.27 bits per heavy atom. The second-order valence-corrected chi connectivity index (χ2v) is 2.05. The summed E-state index contributed by atoms with van der Waals surface area (Å²) in [5.41, 5.74) is 0.468. The third kappa shape index (κ3) is 0.881. The average Bonchev–Trinajstić information content (AvgIpc) is 2.06. The zero-order valence-corrected chi connectivity index (χ0v) is 5.56. The second-order valence-electron chi connectivity index (χ2n) is 2.05. The summed E-state index contributed by atoms with van der Waals surface area (Å²) >= 11 is 0. The highest BCUT2D eigenvalue weighted by Crippen LogP contribution is 2.14. The minimum absolute atomic E-state index is 0.275. The summed E-state index contributed by atoms with van der Waals surface area (Å²) in [6.07, 6.45) is 2.81. The summed E-state index contributed by atoms with van der Waals surface area (Å²) in [7, 11) is 0. The lowest BCUT2D eigenvalue weighted by Gasteiger charge is -2.04. The van der Waals surface area contributed by atoms with Crippen LogP contribution in [0.4, 0.5) is 5.82 Å². The van der Waals surface area contributed by atoms with Crippen molar-refractivity contribution in [3.05, 3.63) is 23.9 Å². The van der Waals surface area contributed by atoms with Crippen LogP contribution in [0.2, 0.25) is 0 Å². The molecule has 0 aliphatic carbocycles. The molecule has 2 rings (SSSR count). The van der Waals surface area contributed by atoms with E-state index >= 15 is 0 Å². The van der Waals surface area contributed by atoms with Gasteiger partial charge < -0.3 is 0 Å². The molecule has 1 radical (unpaired) electrons. The number of hydrogen-bond donors (Lipinski definition) is 0. The van der Waals surface area contributed by atoms with E-state index in [0.29, 0.717) is 11.4 Å². The first kappa shape index (κ1) is 6.03. The van der Waals surface area contributed by atoms with Gasteiger partial charge in [-0.3, -0.25) is 4.79 Å². The van der Waals surface area contributed by atoms with Crippen LogP contribution in [0, 0.1) is 0 Å². The Hall–Kier alpha value is -1.71. The van der Waals surface area contributed by atoms with E-state index in [1.807, 2.05) is 0 Å². The van der Waals surface area contributed by atoms with Crippen LogP contribution in [-0.4, -0.2) is 17.2 Å². The van der Waals surface area contributed by atoms with Crippen molar-refractivity contribution >= 4 is 18.1 Å². The molecule has 2 heterocycles. The van der Waals surface area contributed by atoms with Gasteiger partial charge in [-0.05, 0) is 12.1 Å². The minimum Gasteiger partial charge on any atom is -0.267 e. The SMILES string of the molecule is O=C1N=C[N]c2ncccc21. The number of amides is 1. The lowest BCUT2D eigenvalue weighted by atomic mass is 10.2. The number of aromatic nitrogens is 1. The predicted octanol–water partition coefficient (Wildman–Crippen LogP) is 0.500. The van der Waals surface area contributed by atoms with E-state index in [1.165, 1.54) is 6.34 Å². The molecule has 0 atom stereocenters. The van der Waals surface area contributed by atoms with Crippen molar-refractivity contribution in [2.24, 2.45) is 4.99 Å². The molecule has 53 valence electrons. The second kappa shape index (κ2) is 2.16. The van der Waals surface area contributed by atoms with Crippen LogP contribution >= 0.6 is 0 Å². The third-order valence-electron chi connectivity index (χ3n) is 1.37. The lowest BCUT2D eigenvalue weighted by Crippen LogP contribution is -2.11. The van der Waals surface area contributed by atoms with Crippen LogP contribution in [-0.2, 0) is 0 Å². The number of fused-ring (bicyclic) bond motifs is 1. The van der Waals surface area contributed by atoms with Crippen molar-refractivity contribution in [2.75, 3.05) is 0 Å². The maximum atomic E-state index is 11.0. The first-order chi connectivity index (χ1) is 5.38. The number of pyridine rings is 1. The van der Waals surface area contributed by atoms with Crippen LogP contribution in [0.25, 0.3) is 0 Å². The lowest BCUT2D eigenvalue weighted by molar-refractivity contribution is 0.100. The molecule has 0 spiro atoms. The van der Waals surface area contributed by atoms with Gasteiger partial charge in [0, 0.05) is 6.20 Å². The maximum Gasteiger partial charge on any atom is 0.282 e. The van der Waals surface area contributed by atoms with E-state index < -0.39 is 0 Å². The predicted molar refractivity (Wildman–Crippen MR) is 38.9 cm³/mol. The fraction of sp³-hybridized carbons (Fsp3) is 0. The molecule has 0 N–H and O–H groups in total. The van der Waals surface area contributed by atoms with Gasteiger partial charge in [0.05, 0.1) is 5.56 Å². The van der Waals surface area contributed by atoms with Gasteiger partial charge in [-0.1, -0.05) is 0 Å². The van der Waals surface area contributed by atoms with Gasteiger partial charge in [-0.2, -0.15) is 4.99 Å². The van der Waals surface area contributed by atoms with Crippen LogP contribution in [0.15, 0.2) is 23.3 Å². The summed E-state index contributed by atoms with van der Waals surface area (Å²) in [6, 6.07) is 3.34. The van der Waals surface area contributed by atoms with E-state index in [4.69, 9.17) is 0 Å². The molecular weight excluding hydrogens is 142 g/mol. The summed E-state index contributed by atoms with van der Waals surface area (Å²) in [4.78, 5) is 18.4. The van der Waals surface area contributed by atoms with Crippen molar-refractivity contribution < 1.29 is 4.79 Å².